The van der Waals surface area contributed by atoms with E-state index in [2.05, 4.69) is 68.9 Å². The molecule has 2 aromatic carbocycles. The Labute approximate surface area is 136 Å². The van der Waals surface area contributed by atoms with Crippen LogP contribution in [0.2, 0.25) is 0 Å². The highest BCUT2D eigenvalue weighted by Gasteiger charge is 2.15. The Balaban J connectivity index is 1.54. The summed E-state index contributed by atoms with van der Waals surface area (Å²) in [5, 5.41) is 0. The minimum atomic E-state index is 0.412. The van der Waals surface area contributed by atoms with E-state index >= 15 is 0 Å². The van der Waals surface area contributed by atoms with E-state index < -0.39 is 0 Å². The predicted octanol–water partition coefficient (Wildman–Crippen LogP) is 3.14. The zero-order valence-corrected chi connectivity index (χ0v) is 12.9. The lowest BCUT2D eigenvalue weighted by Crippen LogP contribution is -2.24. The normalized spacial score (nSPS) is 17.5. The third-order valence-electron chi connectivity index (χ3n) is 4.33. The zero-order chi connectivity index (χ0) is 15.5. The molecular formula is C19H20N4. The summed E-state index contributed by atoms with van der Waals surface area (Å²) in [5.41, 5.74) is 11.7. The fourth-order valence-electron chi connectivity index (χ4n) is 3.06. The molecule has 0 aliphatic carbocycles. The van der Waals surface area contributed by atoms with Gasteiger partial charge in [0, 0.05) is 31.5 Å². The molecule has 116 valence electrons. The van der Waals surface area contributed by atoms with Gasteiger partial charge in [0.2, 0.25) is 0 Å². The van der Waals surface area contributed by atoms with Crippen molar-refractivity contribution in [3.63, 3.8) is 0 Å². The van der Waals surface area contributed by atoms with Crippen LogP contribution < -0.4 is 10.9 Å². The fourth-order valence-corrected chi connectivity index (χ4v) is 3.06. The van der Waals surface area contributed by atoms with E-state index in [-0.39, 0.29) is 0 Å². The maximum Gasteiger partial charge on any atom is 0.0949 e. The Bertz CT molecular complexity index is 756. The van der Waals surface area contributed by atoms with E-state index in [0.29, 0.717) is 6.04 Å². The van der Waals surface area contributed by atoms with Gasteiger partial charge in [0.05, 0.1) is 6.33 Å². The summed E-state index contributed by atoms with van der Waals surface area (Å²) in [7, 11) is 0. The molecule has 4 nitrogen and oxygen atoms in total. The zero-order valence-electron chi connectivity index (χ0n) is 12.9. The number of nitrogens with zero attached hydrogens (tertiary/aromatic N) is 2. The van der Waals surface area contributed by atoms with Gasteiger partial charge >= 0.3 is 0 Å². The van der Waals surface area contributed by atoms with Gasteiger partial charge in [0.15, 0.2) is 0 Å². The number of imidazole rings is 1. The molecule has 2 N–H and O–H groups in total. The molecule has 1 fully saturated rings. The van der Waals surface area contributed by atoms with Gasteiger partial charge in [-0.2, -0.15) is 0 Å². The van der Waals surface area contributed by atoms with Crippen LogP contribution in [-0.2, 0) is 6.54 Å². The predicted molar refractivity (Wildman–Crippen MR) is 91.7 cm³/mol. The first-order chi connectivity index (χ1) is 11.4. The number of nitrogens with one attached hydrogen (secondary N) is 2. The molecule has 1 aliphatic rings. The molecule has 1 atom stereocenters. The quantitative estimate of drug-likeness (QED) is 0.778. The summed E-state index contributed by atoms with van der Waals surface area (Å²) in [6, 6.07) is 18.0. The van der Waals surface area contributed by atoms with Crippen molar-refractivity contribution in [1.82, 2.24) is 20.4 Å². The van der Waals surface area contributed by atoms with Crippen LogP contribution in [0.5, 0.6) is 0 Å². The van der Waals surface area contributed by atoms with Gasteiger partial charge in [-0.3, -0.25) is 10.9 Å². The van der Waals surface area contributed by atoms with Crippen molar-refractivity contribution in [2.75, 3.05) is 6.54 Å². The number of rotatable bonds is 4. The Hall–Kier alpha value is -2.43. The Kier molecular flexibility index (Phi) is 3.92. The van der Waals surface area contributed by atoms with Crippen molar-refractivity contribution < 1.29 is 0 Å². The molecule has 0 saturated carbocycles. The molecule has 4 rings (SSSR count). The summed E-state index contributed by atoms with van der Waals surface area (Å²) in [5.74, 6) is 0. The van der Waals surface area contributed by atoms with Crippen molar-refractivity contribution in [1.29, 1.82) is 0 Å². The molecule has 1 unspecified atom stereocenters. The van der Waals surface area contributed by atoms with Crippen LogP contribution in [0, 0.1) is 0 Å². The van der Waals surface area contributed by atoms with Crippen molar-refractivity contribution >= 4 is 0 Å². The highest BCUT2D eigenvalue weighted by Crippen LogP contribution is 2.26. The number of hydrazine groups is 1. The third kappa shape index (κ3) is 3.18. The van der Waals surface area contributed by atoms with E-state index in [4.69, 9.17) is 0 Å². The highest BCUT2D eigenvalue weighted by atomic mass is 15.4. The maximum atomic E-state index is 4.08. The molecule has 0 radical (unpaired) electrons. The summed E-state index contributed by atoms with van der Waals surface area (Å²) >= 11 is 0. The highest BCUT2D eigenvalue weighted by molar-refractivity contribution is 5.64. The molecule has 0 bridgehead atoms. The van der Waals surface area contributed by atoms with Gasteiger partial charge in [-0.25, -0.2) is 4.98 Å². The van der Waals surface area contributed by atoms with Crippen molar-refractivity contribution in [3.05, 3.63) is 78.4 Å². The lowest BCUT2D eigenvalue weighted by molar-refractivity contribution is 0.581. The van der Waals surface area contributed by atoms with E-state index in [9.17, 15) is 0 Å². The standard InChI is InChI=1S/C19H20N4/c1-2-17(12-18(3-1)19-8-9-21-22-19)16-6-4-15(5-7-16)13-23-11-10-20-14-23/h1-7,10-12,14,19,21-22H,8-9,13H2. The second-order valence-electron chi connectivity index (χ2n) is 5.97. The summed E-state index contributed by atoms with van der Waals surface area (Å²) < 4.78 is 2.08. The number of hydrogen-bond donors (Lipinski definition) is 2. The number of benzene rings is 2. The minimum Gasteiger partial charge on any atom is -0.333 e. The number of aromatic nitrogens is 2. The molecule has 4 heteroatoms. The smallest absolute Gasteiger partial charge is 0.0949 e. The minimum absolute atomic E-state index is 0.412. The summed E-state index contributed by atoms with van der Waals surface area (Å²) in [6.07, 6.45) is 6.78. The molecule has 3 aromatic rings. The average Bonchev–Trinajstić information content (AvgIpc) is 3.29. The van der Waals surface area contributed by atoms with E-state index in [0.717, 1.165) is 19.5 Å². The Morgan fingerprint density at radius 2 is 2.00 bits per heavy atom. The van der Waals surface area contributed by atoms with Gasteiger partial charge < -0.3 is 4.57 Å². The second-order valence-corrected chi connectivity index (χ2v) is 5.97. The second kappa shape index (κ2) is 6.36. The first kappa shape index (κ1) is 14.2. The molecule has 1 aliphatic heterocycles. The van der Waals surface area contributed by atoms with Gasteiger partial charge in [0.1, 0.15) is 0 Å². The van der Waals surface area contributed by atoms with Crippen LogP contribution in [0.3, 0.4) is 0 Å². The van der Waals surface area contributed by atoms with E-state index in [1.54, 1.807) is 0 Å². The molecule has 1 aromatic heterocycles. The largest absolute Gasteiger partial charge is 0.333 e. The van der Waals surface area contributed by atoms with Gasteiger partial charge in [-0.15, -0.1) is 0 Å². The number of hydrogen-bond acceptors (Lipinski definition) is 3. The SMILES string of the molecule is c1cc(-c2ccc(Cn3ccnc3)cc2)cc(C2CCNN2)c1. The van der Waals surface area contributed by atoms with Gasteiger partial charge in [0.25, 0.3) is 0 Å². The monoisotopic (exact) mass is 304 g/mol. The van der Waals surface area contributed by atoms with Crippen LogP contribution in [-0.4, -0.2) is 16.1 Å². The van der Waals surface area contributed by atoms with Gasteiger partial charge in [-0.1, -0.05) is 42.5 Å². The molecular weight excluding hydrogens is 284 g/mol. The topological polar surface area (TPSA) is 41.9 Å². The van der Waals surface area contributed by atoms with Crippen molar-refractivity contribution in [3.8, 4) is 11.1 Å². The molecule has 1 saturated heterocycles. The Morgan fingerprint density at radius 3 is 2.74 bits per heavy atom. The summed E-state index contributed by atoms with van der Waals surface area (Å²) in [4.78, 5) is 4.08. The average molecular weight is 304 g/mol. The van der Waals surface area contributed by atoms with Crippen LogP contribution >= 0.6 is 0 Å². The molecule has 0 amide bonds. The summed E-state index contributed by atoms with van der Waals surface area (Å²) in [6.45, 7) is 1.88. The van der Waals surface area contributed by atoms with Crippen LogP contribution in [0.15, 0.2) is 67.3 Å². The van der Waals surface area contributed by atoms with Gasteiger partial charge in [-0.05, 0) is 34.7 Å². The van der Waals surface area contributed by atoms with Crippen molar-refractivity contribution in [2.24, 2.45) is 0 Å². The van der Waals surface area contributed by atoms with Crippen LogP contribution in [0.25, 0.3) is 11.1 Å². The molecule has 23 heavy (non-hydrogen) atoms. The van der Waals surface area contributed by atoms with E-state index in [1.807, 2.05) is 18.7 Å². The lowest BCUT2D eigenvalue weighted by atomic mass is 9.98. The van der Waals surface area contributed by atoms with Crippen LogP contribution in [0.4, 0.5) is 0 Å². The van der Waals surface area contributed by atoms with Crippen molar-refractivity contribution in [2.45, 2.75) is 19.0 Å². The first-order valence-electron chi connectivity index (χ1n) is 8.02. The lowest BCUT2D eigenvalue weighted by Gasteiger charge is -2.12. The fraction of sp³-hybridized carbons (Fsp3) is 0.211. The maximum absolute atomic E-state index is 4.08. The van der Waals surface area contributed by atoms with E-state index in [1.165, 1.54) is 22.3 Å². The molecule has 2 heterocycles. The Morgan fingerprint density at radius 1 is 1.09 bits per heavy atom. The third-order valence-corrected chi connectivity index (χ3v) is 4.33. The molecule has 0 spiro atoms. The van der Waals surface area contributed by atoms with Crippen LogP contribution in [0.1, 0.15) is 23.6 Å². The first-order valence-corrected chi connectivity index (χ1v) is 8.02.